The molecule has 0 bridgehead atoms. The third kappa shape index (κ3) is 3.63. The number of methoxy groups -OCH3 is 1. The van der Waals surface area contributed by atoms with Gasteiger partial charge in [0.1, 0.15) is 11.4 Å². The molecule has 1 N–H and O–H groups in total. The molecule has 0 saturated carbocycles. The number of ether oxygens (including phenoxy) is 2. The molecule has 1 aliphatic heterocycles. The Balaban J connectivity index is 1.89. The average molecular weight is 375 g/mol. The van der Waals surface area contributed by atoms with Crippen LogP contribution >= 0.6 is 11.8 Å². The van der Waals surface area contributed by atoms with Gasteiger partial charge in [0.15, 0.2) is 0 Å². The van der Waals surface area contributed by atoms with Crippen molar-refractivity contribution in [3.63, 3.8) is 0 Å². The maximum Gasteiger partial charge on any atom is 0.124 e. The number of hydrogen-bond donors (Lipinski definition) is 1. The number of halogens is 1. The van der Waals surface area contributed by atoms with Crippen molar-refractivity contribution < 1.29 is 19.1 Å². The summed E-state index contributed by atoms with van der Waals surface area (Å²) in [6, 6.07) is 12.6. The first-order valence-corrected chi connectivity index (χ1v) is 9.25. The van der Waals surface area contributed by atoms with Gasteiger partial charge in [-0.05, 0) is 55.3 Å². The van der Waals surface area contributed by atoms with Gasteiger partial charge in [-0.2, -0.15) is 0 Å². The molecule has 3 rings (SSSR count). The highest BCUT2D eigenvalue weighted by atomic mass is 32.2. The Morgan fingerprint density at radius 1 is 1.27 bits per heavy atom. The maximum atomic E-state index is 14.3. The number of oxime groups is 1. The zero-order valence-corrected chi connectivity index (χ0v) is 15.8. The van der Waals surface area contributed by atoms with E-state index in [1.54, 1.807) is 14.0 Å². The fraction of sp³-hybridized carbons (Fsp3) is 0.350. The molecule has 2 aromatic rings. The lowest BCUT2D eigenvalue weighted by atomic mass is 9.87. The highest BCUT2D eigenvalue weighted by Crippen LogP contribution is 2.41. The summed E-state index contributed by atoms with van der Waals surface area (Å²) in [5.41, 5.74) is 1.57. The fourth-order valence-electron chi connectivity index (χ4n) is 3.31. The standard InChI is InChI=1S/C20H22FNO3S/c1-13(22-23)15-4-6-18(7-5-15)26-19-11-16(10-17(21)12-19)20(24-3)8-9-25-14(20)2/h4-7,10-12,14,23H,8-9H2,1-3H3/b22-13+. The summed E-state index contributed by atoms with van der Waals surface area (Å²) < 4.78 is 25.7. The molecule has 0 amide bonds. The fourth-order valence-corrected chi connectivity index (χ4v) is 4.22. The molecular formula is C20H22FNO3S. The quantitative estimate of drug-likeness (QED) is 0.462. The van der Waals surface area contributed by atoms with Gasteiger partial charge < -0.3 is 14.7 Å². The first-order valence-electron chi connectivity index (χ1n) is 8.43. The van der Waals surface area contributed by atoms with E-state index >= 15 is 0 Å². The number of nitrogens with zero attached hydrogens (tertiary/aromatic N) is 1. The molecule has 0 radical (unpaired) electrons. The lowest BCUT2D eigenvalue weighted by molar-refractivity contribution is -0.0650. The van der Waals surface area contributed by atoms with Crippen LogP contribution in [0.15, 0.2) is 57.4 Å². The van der Waals surface area contributed by atoms with E-state index < -0.39 is 5.60 Å². The lowest BCUT2D eigenvalue weighted by Gasteiger charge is -2.31. The zero-order chi connectivity index (χ0) is 18.7. The first kappa shape index (κ1) is 18.9. The van der Waals surface area contributed by atoms with Crippen LogP contribution in [0.2, 0.25) is 0 Å². The van der Waals surface area contributed by atoms with Gasteiger partial charge in [-0.3, -0.25) is 0 Å². The van der Waals surface area contributed by atoms with Gasteiger partial charge in [-0.15, -0.1) is 0 Å². The molecule has 6 heteroatoms. The molecule has 4 nitrogen and oxygen atoms in total. The van der Waals surface area contributed by atoms with Crippen molar-refractivity contribution in [2.75, 3.05) is 13.7 Å². The number of rotatable bonds is 5. The van der Waals surface area contributed by atoms with Crippen molar-refractivity contribution in [1.82, 2.24) is 0 Å². The molecule has 26 heavy (non-hydrogen) atoms. The van der Waals surface area contributed by atoms with Gasteiger partial charge >= 0.3 is 0 Å². The van der Waals surface area contributed by atoms with E-state index in [1.165, 1.54) is 23.9 Å². The third-order valence-electron chi connectivity index (χ3n) is 4.88. The Kier molecular flexibility index (Phi) is 5.65. The predicted molar refractivity (Wildman–Crippen MR) is 99.7 cm³/mol. The second-order valence-corrected chi connectivity index (χ2v) is 7.49. The topological polar surface area (TPSA) is 51.0 Å². The van der Waals surface area contributed by atoms with E-state index in [1.807, 2.05) is 37.3 Å². The van der Waals surface area contributed by atoms with E-state index in [0.29, 0.717) is 18.7 Å². The van der Waals surface area contributed by atoms with Gasteiger partial charge in [0, 0.05) is 23.3 Å². The smallest absolute Gasteiger partial charge is 0.124 e. The molecule has 1 fully saturated rings. The molecule has 2 atom stereocenters. The molecule has 0 aromatic heterocycles. The van der Waals surface area contributed by atoms with Crippen LogP contribution in [0.1, 0.15) is 31.4 Å². The summed E-state index contributed by atoms with van der Waals surface area (Å²) in [6.45, 7) is 4.29. The Morgan fingerprint density at radius 2 is 2.00 bits per heavy atom. The van der Waals surface area contributed by atoms with Crippen molar-refractivity contribution >= 4 is 17.5 Å². The second kappa shape index (κ2) is 7.78. The van der Waals surface area contributed by atoms with E-state index in [4.69, 9.17) is 14.7 Å². The zero-order valence-electron chi connectivity index (χ0n) is 15.0. The lowest BCUT2D eigenvalue weighted by Crippen LogP contribution is -2.35. The first-order chi connectivity index (χ1) is 12.5. The maximum absolute atomic E-state index is 14.3. The molecule has 2 unspecified atom stereocenters. The van der Waals surface area contributed by atoms with Crippen LogP contribution < -0.4 is 0 Å². The van der Waals surface area contributed by atoms with Gasteiger partial charge in [-0.1, -0.05) is 29.1 Å². The van der Waals surface area contributed by atoms with E-state index in [9.17, 15) is 4.39 Å². The summed E-state index contributed by atoms with van der Waals surface area (Å²) in [4.78, 5) is 1.77. The van der Waals surface area contributed by atoms with Crippen molar-refractivity contribution in [3.8, 4) is 0 Å². The predicted octanol–water partition coefficient (Wildman–Crippen LogP) is 4.83. The highest BCUT2D eigenvalue weighted by Gasteiger charge is 2.43. The SMILES string of the molecule is COC1(c2cc(F)cc(Sc3ccc(/C(C)=N/O)cc3)c2)CCOC1C. The average Bonchev–Trinajstić information content (AvgIpc) is 3.03. The molecule has 1 aliphatic rings. The van der Waals surface area contributed by atoms with Gasteiger partial charge in [0.2, 0.25) is 0 Å². The van der Waals surface area contributed by atoms with Crippen molar-refractivity contribution in [3.05, 3.63) is 59.4 Å². The van der Waals surface area contributed by atoms with Crippen LogP contribution in [0.3, 0.4) is 0 Å². The Morgan fingerprint density at radius 3 is 2.58 bits per heavy atom. The summed E-state index contributed by atoms with van der Waals surface area (Å²) in [5.74, 6) is -0.291. The molecule has 1 saturated heterocycles. The van der Waals surface area contributed by atoms with E-state index in [-0.39, 0.29) is 11.9 Å². The molecule has 0 spiro atoms. The van der Waals surface area contributed by atoms with Crippen LogP contribution in [0.5, 0.6) is 0 Å². The van der Waals surface area contributed by atoms with Crippen LogP contribution in [-0.2, 0) is 15.1 Å². The summed E-state index contributed by atoms with van der Waals surface area (Å²) in [6.07, 6.45) is 0.569. The molecule has 1 heterocycles. The van der Waals surface area contributed by atoms with Crippen LogP contribution in [0.4, 0.5) is 4.39 Å². The van der Waals surface area contributed by atoms with Gasteiger partial charge in [0.25, 0.3) is 0 Å². The minimum atomic E-state index is -0.615. The second-order valence-electron chi connectivity index (χ2n) is 6.34. The molecule has 138 valence electrons. The van der Waals surface area contributed by atoms with Gasteiger partial charge in [0.05, 0.1) is 18.4 Å². The Hall–Kier alpha value is -1.89. The molecular weight excluding hydrogens is 353 g/mol. The van der Waals surface area contributed by atoms with E-state index in [0.717, 1.165) is 20.9 Å². The van der Waals surface area contributed by atoms with E-state index in [2.05, 4.69) is 5.16 Å². The highest BCUT2D eigenvalue weighted by molar-refractivity contribution is 7.99. The van der Waals surface area contributed by atoms with Crippen molar-refractivity contribution in [2.45, 2.75) is 41.8 Å². The van der Waals surface area contributed by atoms with Crippen LogP contribution in [0.25, 0.3) is 0 Å². The summed E-state index contributed by atoms with van der Waals surface area (Å²) >= 11 is 1.47. The largest absolute Gasteiger partial charge is 0.411 e. The normalized spacial score (nSPS) is 23.4. The Labute approximate surface area is 157 Å². The minimum Gasteiger partial charge on any atom is -0.411 e. The monoisotopic (exact) mass is 375 g/mol. The summed E-state index contributed by atoms with van der Waals surface area (Å²) in [7, 11) is 1.65. The van der Waals surface area contributed by atoms with Crippen LogP contribution in [-0.4, -0.2) is 30.7 Å². The minimum absolute atomic E-state index is 0.132. The number of benzene rings is 2. The summed E-state index contributed by atoms with van der Waals surface area (Å²) in [5, 5.41) is 12.0. The van der Waals surface area contributed by atoms with Gasteiger partial charge in [-0.25, -0.2) is 4.39 Å². The third-order valence-corrected chi connectivity index (χ3v) is 5.86. The number of hydrogen-bond acceptors (Lipinski definition) is 5. The molecule has 2 aromatic carbocycles. The Bertz CT molecular complexity index is 809. The van der Waals surface area contributed by atoms with Crippen LogP contribution in [0, 0.1) is 5.82 Å². The van der Waals surface area contributed by atoms with Crippen molar-refractivity contribution in [1.29, 1.82) is 0 Å². The van der Waals surface area contributed by atoms with Crippen molar-refractivity contribution in [2.24, 2.45) is 5.16 Å². The molecule has 0 aliphatic carbocycles.